The molecule has 0 radical (unpaired) electrons. The summed E-state index contributed by atoms with van der Waals surface area (Å²) in [6.45, 7) is 3.08. The van der Waals surface area contributed by atoms with Gasteiger partial charge in [0, 0.05) is 18.7 Å². The van der Waals surface area contributed by atoms with Gasteiger partial charge in [0.15, 0.2) is 0 Å². The van der Waals surface area contributed by atoms with Gasteiger partial charge in [0.2, 0.25) is 11.2 Å². The fourth-order valence-electron chi connectivity index (χ4n) is 4.65. The Kier molecular flexibility index (Phi) is 5.32. The third kappa shape index (κ3) is 3.76. The summed E-state index contributed by atoms with van der Waals surface area (Å²) in [4.78, 5) is 15.7. The molecule has 0 N–H and O–H groups in total. The van der Waals surface area contributed by atoms with Crippen LogP contribution < -0.4 is 19.6 Å². The fourth-order valence-corrected chi connectivity index (χ4v) is 4.65. The first-order valence-corrected chi connectivity index (χ1v) is 10.9. The first kappa shape index (κ1) is 19.9. The average Bonchev–Trinajstić information content (AvgIpc) is 2.82. The molecule has 1 aliphatic carbocycles. The minimum absolute atomic E-state index is 0.181. The van der Waals surface area contributed by atoms with Crippen LogP contribution in [-0.4, -0.2) is 24.8 Å². The van der Waals surface area contributed by atoms with Gasteiger partial charge in [-0.1, -0.05) is 25.3 Å². The van der Waals surface area contributed by atoms with Crippen LogP contribution in [0.4, 0.5) is 0 Å². The molecule has 0 spiro atoms. The van der Waals surface area contributed by atoms with Crippen LogP contribution >= 0.6 is 0 Å². The Balaban J connectivity index is 1.52. The molecule has 2 aliphatic rings. The number of hydrogen-bond acceptors (Lipinski definition) is 6. The number of hydrogen-bond donors (Lipinski definition) is 0. The summed E-state index contributed by atoms with van der Waals surface area (Å²) in [5, 5.41) is 0.511. The number of fused-ring (bicyclic) bond motifs is 3. The maximum Gasteiger partial charge on any atom is 0.235 e. The maximum atomic E-state index is 13.3. The van der Waals surface area contributed by atoms with Gasteiger partial charge >= 0.3 is 0 Å². The summed E-state index contributed by atoms with van der Waals surface area (Å²) >= 11 is 0. The first-order chi connectivity index (χ1) is 15.1. The molecule has 6 heteroatoms. The quantitative estimate of drug-likeness (QED) is 0.563. The van der Waals surface area contributed by atoms with Crippen LogP contribution in [0.15, 0.2) is 45.6 Å². The van der Waals surface area contributed by atoms with Crippen molar-refractivity contribution in [2.45, 2.75) is 51.6 Å². The number of rotatable bonds is 4. The molecule has 6 nitrogen and oxygen atoms in total. The molecule has 0 saturated heterocycles. The zero-order valence-electron chi connectivity index (χ0n) is 18.0. The lowest BCUT2D eigenvalue weighted by Crippen LogP contribution is -2.41. The van der Waals surface area contributed by atoms with Gasteiger partial charge in [-0.25, -0.2) is 0 Å². The second-order valence-corrected chi connectivity index (χ2v) is 8.33. The lowest BCUT2D eigenvalue weighted by molar-refractivity contribution is 0.0406. The van der Waals surface area contributed by atoms with Crippen molar-refractivity contribution in [3.05, 3.63) is 57.9 Å². The molecule has 31 heavy (non-hydrogen) atoms. The van der Waals surface area contributed by atoms with Gasteiger partial charge in [-0.2, -0.15) is 0 Å². The Morgan fingerprint density at radius 3 is 2.68 bits per heavy atom. The normalized spacial score (nSPS) is 17.2. The van der Waals surface area contributed by atoms with E-state index in [4.69, 9.17) is 18.6 Å². The van der Waals surface area contributed by atoms with Crippen molar-refractivity contribution in [1.29, 1.82) is 0 Å². The van der Waals surface area contributed by atoms with E-state index >= 15 is 0 Å². The van der Waals surface area contributed by atoms with Crippen molar-refractivity contribution in [1.82, 2.24) is 4.90 Å². The molecular formula is C25H27NO5. The number of methoxy groups -OCH3 is 1. The molecule has 3 aromatic rings. The van der Waals surface area contributed by atoms with Crippen LogP contribution in [0.2, 0.25) is 0 Å². The number of benzene rings is 2. The van der Waals surface area contributed by atoms with Gasteiger partial charge in [0.05, 0.1) is 18.1 Å². The van der Waals surface area contributed by atoms with Crippen molar-refractivity contribution in [3.8, 4) is 23.0 Å². The lowest BCUT2D eigenvalue weighted by Gasteiger charge is -2.37. The van der Waals surface area contributed by atoms with Crippen molar-refractivity contribution in [2.24, 2.45) is 0 Å². The lowest BCUT2D eigenvalue weighted by atomic mass is 9.93. The summed E-state index contributed by atoms with van der Waals surface area (Å²) in [6.07, 6.45) is 6.25. The summed E-state index contributed by atoms with van der Waals surface area (Å²) < 4.78 is 23.4. The van der Waals surface area contributed by atoms with E-state index in [0.717, 1.165) is 17.9 Å². The highest BCUT2D eigenvalue weighted by Gasteiger charge is 2.29. The molecule has 1 saturated carbocycles. The van der Waals surface area contributed by atoms with Gasteiger partial charge in [-0.15, -0.1) is 0 Å². The summed E-state index contributed by atoms with van der Waals surface area (Å²) in [6, 6.07) is 11.3. The number of nitrogens with zero attached hydrogens (tertiary/aromatic N) is 1. The summed E-state index contributed by atoms with van der Waals surface area (Å²) in [7, 11) is 1.59. The molecular weight excluding hydrogens is 394 g/mol. The van der Waals surface area contributed by atoms with E-state index in [1.165, 1.54) is 32.1 Å². The molecule has 5 rings (SSSR count). The molecule has 1 fully saturated rings. The first-order valence-electron chi connectivity index (χ1n) is 10.9. The van der Waals surface area contributed by atoms with E-state index in [1.807, 2.05) is 18.2 Å². The van der Waals surface area contributed by atoms with Crippen LogP contribution in [-0.2, 0) is 6.54 Å². The zero-order chi connectivity index (χ0) is 21.4. The van der Waals surface area contributed by atoms with Gasteiger partial charge < -0.3 is 18.6 Å². The Morgan fingerprint density at radius 2 is 1.87 bits per heavy atom. The molecule has 0 atom stereocenters. The van der Waals surface area contributed by atoms with Crippen LogP contribution in [0.25, 0.3) is 11.0 Å². The predicted molar refractivity (Wildman–Crippen MR) is 118 cm³/mol. The molecule has 0 unspecified atom stereocenters. The highest BCUT2D eigenvalue weighted by atomic mass is 16.5. The molecule has 2 aromatic carbocycles. The van der Waals surface area contributed by atoms with Gasteiger partial charge in [0.25, 0.3) is 0 Å². The SMILES string of the molecule is COc1cccc(Oc2c(C)oc3c4c(ccc3c2=O)OCN(C2CCCCC2)C4)c1. The largest absolute Gasteiger partial charge is 0.497 e. The van der Waals surface area contributed by atoms with E-state index < -0.39 is 0 Å². The Hall–Kier alpha value is -2.99. The molecule has 2 heterocycles. The molecule has 0 amide bonds. The van der Waals surface area contributed by atoms with E-state index in [2.05, 4.69) is 4.90 Å². The second-order valence-electron chi connectivity index (χ2n) is 8.33. The minimum atomic E-state index is -0.181. The van der Waals surface area contributed by atoms with E-state index in [-0.39, 0.29) is 11.2 Å². The molecule has 1 aliphatic heterocycles. The van der Waals surface area contributed by atoms with Crippen LogP contribution in [0.1, 0.15) is 43.4 Å². The second kappa shape index (κ2) is 8.27. The predicted octanol–water partition coefficient (Wildman–Crippen LogP) is 5.39. The third-order valence-corrected chi connectivity index (χ3v) is 6.34. The third-order valence-electron chi connectivity index (χ3n) is 6.34. The average molecular weight is 421 g/mol. The van der Waals surface area contributed by atoms with Crippen molar-refractivity contribution < 1.29 is 18.6 Å². The van der Waals surface area contributed by atoms with Crippen LogP contribution in [0, 0.1) is 6.92 Å². The monoisotopic (exact) mass is 421 g/mol. The number of aryl methyl sites for hydroxylation is 1. The highest BCUT2D eigenvalue weighted by Crippen LogP contribution is 2.36. The van der Waals surface area contributed by atoms with Gasteiger partial charge in [-0.3, -0.25) is 9.69 Å². The Bertz CT molecular complexity index is 1160. The molecule has 162 valence electrons. The van der Waals surface area contributed by atoms with Crippen molar-refractivity contribution in [2.75, 3.05) is 13.8 Å². The van der Waals surface area contributed by atoms with Gasteiger partial charge in [-0.05, 0) is 44.0 Å². The highest BCUT2D eigenvalue weighted by molar-refractivity contribution is 5.83. The van der Waals surface area contributed by atoms with Crippen molar-refractivity contribution >= 4 is 11.0 Å². The maximum absolute atomic E-state index is 13.3. The Morgan fingerprint density at radius 1 is 1.06 bits per heavy atom. The van der Waals surface area contributed by atoms with Gasteiger partial charge in [0.1, 0.15) is 35.3 Å². The molecule has 0 bridgehead atoms. The standard InChI is InChI=1S/C25H27NO5/c1-16-24(31-19-10-6-9-18(13-19)28-2)23(27)20-11-12-22-21(25(20)30-16)14-26(15-29-22)17-7-4-3-5-8-17/h6,9-13,17H,3-5,7-8,14-15H2,1-2H3. The number of ether oxygens (including phenoxy) is 3. The van der Waals surface area contributed by atoms with Crippen LogP contribution in [0.5, 0.6) is 23.0 Å². The zero-order valence-corrected chi connectivity index (χ0v) is 18.0. The van der Waals surface area contributed by atoms with Crippen LogP contribution in [0.3, 0.4) is 0 Å². The molecule has 1 aromatic heterocycles. The topological polar surface area (TPSA) is 61.1 Å². The smallest absolute Gasteiger partial charge is 0.235 e. The van der Waals surface area contributed by atoms with E-state index in [1.54, 1.807) is 32.2 Å². The minimum Gasteiger partial charge on any atom is -0.497 e. The van der Waals surface area contributed by atoms with E-state index in [0.29, 0.717) is 41.0 Å². The Labute approximate surface area is 181 Å². The summed E-state index contributed by atoms with van der Waals surface area (Å²) in [5.74, 6) is 2.63. The van der Waals surface area contributed by atoms with Crippen molar-refractivity contribution in [3.63, 3.8) is 0 Å². The fraction of sp³-hybridized carbons (Fsp3) is 0.400. The van der Waals surface area contributed by atoms with E-state index in [9.17, 15) is 4.79 Å². The summed E-state index contributed by atoms with van der Waals surface area (Å²) in [5.41, 5.74) is 1.36.